The summed E-state index contributed by atoms with van der Waals surface area (Å²) in [6.45, 7) is 5.86. The summed E-state index contributed by atoms with van der Waals surface area (Å²) in [5.74, 6) is 1.26. The van der Waals surface area contributed by atoms with Crippen molar-refractivity contribution in [2.24, 2.45) is 0 Å². The minimum absolute atomic E-state index is 0.121. The number of rotatable bonds is 13. The molecule has 0 bridgehead atoms. The Balaban J connectivity index is 1.93. The second kappa shape index (κ2) is 14.6. The van der Waals surface area contributed by atoms with Gasteiger partial charge in [-0.1, -0.05) is 28.5 Å². The smallest absolute Gasteiger partial charge is 0.307 e. The molecule has 26 heavy (non-hydrogen) atoms. The van der Waals surface area contributed by atoms with Crippen LogP contribution in [-0.4, -0.2) is 86.2 Å². The molecular weight excluding hydrogens is 372 g/mol. The van der Waals surface area contributed by atoms with Crippen LogP contribution in [0.1, 0.15) is 39.0 Å². The van der Waals surface area contributed by atoms with E-state index in [2.05, 4.69) is 23.9 Å². The second-order valence-corrected chi connectivity index (χ2v) is 9.30. The zero-order valence-electron chi connectivity index (χ0n) is 16.4. The average molecular weight is 407 g/mol. The Morgan fingerprint density at radius 2 is 1.58 bits per heavy atom. The zero-order valence-corrected chi connectivity index (χ0v) is 18.0. The Kier molecular flexibility index (Phi) is 13.2. The fourth-order valence-corrected chi connectivity index (χ4v) is 4.39. The van der Waals surface area contributed by atoms with Gasteiger partial charge in [0.25, 0.3) is 0 Å². The van der Waals surface area contributed by atoms with E-state index in [0.29, 0.717) is 32.1 Å². The van der Waals surface area contributed by atoms with E-state index in [1.54, 1.807) is 21.6 Å². The number of hydrogen-bond acceptors (Lipinski definition) is 8. The van der Waals surface area contributed by atoms with Gasteiger partial charge in [0.2, 0.25) is 0 Å². The largest absolute Gasteiger partial charge is 0.465 e. The molecule has 6 nitrogen and oxygen atoms in total. The van der Waals surface area contributed by atoms with E-state index in [1.807, 2.05) is 6.92 Å². The summed E-state index contributed by atoms with van der Waals surface area (Å²) in [5.41, 5.74) is 0. The highest BCUT2D eigenvalue weighted by Gasteiger charge is 2.20. The Labute approximate surface area is 166 Å². The van der Waals surface area contributed by atoms with Crippen molar-refractivity contribution < 1.29 is 19.1 Å². The molecule has 1 rings (SSSR count). The summed E-state index contributed by atoms with van der Waals surface area (Å²) in [5, 5.41) is 0. The molecule has 0 aromatic heterocycles. The number of carbonyl (C=O) groups is 2. The predicted octanol–water partition coefficient (Wildman–Crippen LogP) is 2.67. The molecule has 0 saturated carbocycles. The van der Waals surface area contributed by atoms with Gasteiger partial charge in [-0.15, -0.1) is 0 Å². The molecular formula is C18H34N2O4S2. The predicted molar refractivity (Wildman–Crippen MR) is 110 cm³/mol. The number of esters is 2. The standard InChI is InChI=1S/C18H34N2O4S2/c1-4-5-17(21)23-12-14-25-26-15-13-24-18(22)8-11-20(3)16-6-9-19(2)10-7-16/h16H,4-15H2,1-3H3. The number of carbonyl (C=O) groups excluding carboxylic acids is 2. The van der Waals surface area contributed by atoms with Gasteiger partial charge in [-0.05, 0) is 46.4 Å². The lowest BCUT2D eigenvalue weighted by Crippen LogP contribution is -2.42. The highest BCUT2D eigenvalue weighted by Crippen LogP contribution is 2.20. The first-order valence-corrected chi connectivity index (χ1v) is 12.0. The maximum atomic E-state index is 11.8. The van der Waals surface area contributed by atoms with Gasteiger partial charge in [-0.2, -0.15) is 0 Å². The zero-order chi connectivity index (χ0) is 19.2. The molecule has 0 aromatic carbocycles. The first kappa shape index (κ1) is 23.6. The summed E-state index contributed by atoms with van der Waals surface area (Å²) in [6, 6.07) is 0.581. The topological polar surface area (TPSA) is 59.1 Å². The maximum absolute atomic E-state index is 11.8. The van der Waals surface area contributed by atoms with Crippen LogP contribution >= 0.6 is 21.6 Å². The van der Waals surface area contributed by atoms with Crippen LogP contribution in [0.2, 0.25) is 0 Å². The van der Waals surface area contributed by atoms with Crippen LogP contribution in [0.4, 0.5) is 0 Å². The van der Waals surface area contributed by atoms with Crippen LogP contribution in [0.25, 0.3) is 0 Å². The van der Waals surface area contributed by atoms with E-state index in [1.165, 1.54) is 12.8 Å². The monoisotopic (exact) mass is 406 g/mol. The minimum atomic E-state index is -0.128. The molecule has 0 radical (unpaired) electrons. The van der Waals surface area contributed by atoms with Crippen molar-refractivity contribution in [2.75, 3.05) is 58.4 Å². The summed E-state index contributed by atoms with van der Waals surface area (Å²) in [7, 11) is 7.53. The first-order valence-electron chi connectivity index (χ1n) is 9.47. The highest BCUT2D eigenvalue weighted by molar-refractivity contribution is 8.76. The van der Waals surface area contributed by atoms with Crippen LogP contribution in [0.3, 0.4) is 0 Å². The number of ether oxygens (including phenoxy) is 2. The molecule has 0 aromatic rings. The molecule has 0 N–H and O–H groups in total. The van der Waals surface area contributed by atoms with Gasteiger partial charge < -0.3 is 19.3 Å². The summed E-state index contributed by atoms with van der Waals surface area (Å²) in [4.78, 5) is 27.6. The van der Waals surface area contributed by atoms with Crippen LogP contribution in [0.5, 0.6) is 0 Å². The lowest BCUT2D eigenvalue weighted by Gasteiger charge is -2.34. The third kappa shape index (κ3) is 11.3. The molecule has 152 valence electrons. The Morgan fingerprint density at radius 1 is 1.04 bits per heavy atom. The molecule has 1 aliphatic rings. The average Bonchev–Trinajstić information content (AvgIpc) is 2.62. The molecule has 0 unspecified atom stereocenters. The van der Waals surface area contributed by atoms with Crippen molar-refractivity contribution in [3.05, 3.63) is 0 Å². The fourth-order valence-electron chi connectivity index (χ4n) is 2.73. The van der Waals surface area contributed by atoms with E-state index in [0.717, 1.165) is 37.6 Å². The Hall–Kier alpha value is -0.440. The molecule has 0 amide bonds. The van der Waals surface area contributed by atoms with Crippen LogP contribution in [0, 0.1) is 0 Å². The van der Waals surface area contributed by atoms with Gasteiger partial charge in [0, 0.05) is 30.5 Å². The van der Waals surface area contributed by atoms with Crippen molar-refractivity contribution in [1.29, 1.82) is 0 Å². The van der Waals surface area contributed by atoms with E-state index in [4.69, 9.17) is 9.47 Å². The number of nitrogens with zero attached hydrogens (tertiary/aromatic N) is 2. The second-order valence-electron chi connectivity index (χ2n) is 6.60. The SMILES string of the molecule is CCCC(=O)OCCSSCCOC(=O)CCN(C)C1CCN(C)CC1. The fraction of sp³-hybridized carbons (Fsp3) is 0.889. The molecule has 0 aliphatic carbocycles. The first-order chi connectivity index (χ1) is 12.5. The van der Waals surface area contributed by atoms with Crippen molar-refractivity contribution in [2.45, 2.75) is 45.1 Å². The van der Waals surface area contributed by atoms with Gasteiger partial charge in [-0.3, -0.25) is 9.59 Å². The number of piperidine rings is 1. The van der Waals surface area contributed by atoms with Crippen molar-refractivity contribution in [3.8, 4) is 0 Å². The third-order valence-electron chi connectivity index (χ3n) is 4.38. The van der Waals surface area contributed by atoms with Gasteiger partial charge in [-0.25, -0.2) is 0 Å². The summed E-state index contributed by atoms with van der Waals surface area (Å²) < 4.78 is 10.4. The minimum Gasteiger partial charge on any atom is -0.465 e. The lowest BCUT2D eigenvalue weighted by molar-refractivity contribution is -0.144. The van der Waals surface area contributed by atoms with Crippen molar-refractivity contribution in [1.82, 2.24) is 9.80 Å². The molecule has 1 fully saturated rings. The molecule has 0 atom stereocenters. The van der Waals surface area contributed by atoms with Gasteiger partial charge in [0.1, 0.15) is 13.2 Å². The van der Waals surface area contributed by atoms with Crippen molar-refractivity contribution in [3.63, 3.8) is 0 Å². The van der Waals surface area contributed by atoms with Crippen LogP contribution in [-0.2, 0) is 19.1 Å². The van der Waals surface area contributed by atoms with E-state index < -0.39 is 0 Å². The van der Waals surface area contributed by atoms with Crippen LogP contribution in [0.15, 0.2) is 0 Å². The normalized spacial score (nSPS) is 16.0. The van der Waals surface area contributed by atoms with Gasteiger partial charge in [0.05, 0.1) is 6.42 Å². The van der Waals surface area contributed by atoms with E-state index in [-0.39, 0.29) is 11.9 Å². The Bertz CT molecular complexity index is 405. The summed E-state index contributed by atoms with van der Waals surface area (Å²) in [6.07, 6.45) is 4.10. The third-order valence-corrected chi connectivity index (χ3v) is 6.71. The molecule has 1 heterocycles. The molecule has 1 aliphatic heterocycles. The summed E-state index contributed by atoms with van der Waals surface area (Å²) >= 11 is 0. The van der Waals surface area contributed by atoms with Crippen LogP contribution < -0.4 is 0 Å². The number of hydrogen-bond donors (Lipinski definition) is 0. The lowest BCUT2D eigenvalue weighted by atomic mass is 10.0. The molecule has 8 heteroatoms. The Morgan fingerprint density at radius 3 is 2.12 bits per heavy atom. The highest BCUT2D eigenvalue weighted by atomic mass is 33.1. The van der Waals surface area contributed by atoms with E-state index >= 15 is 0 Å². The number of likely N-dealkylation sites (tertiary alicyclic amines) is 1. The molecule has 1 saturated heterocycles. The maximum Gasteiger partial charge on any atom is 0.307 e. The quantitative estimate of drug-likeness (QED) is 0.263. The van der Waals surface area contributed by atoms with E-state index in [9.17, 15) is 9.59 Å². The van der Waals surface area contributed by atoms with Gasteiger partial charge in [0.15, 0.2) is 0 Å². The van der Waals surface area contributed by atoms with Gasteiger partial charge >= 0.3 is 11.9 Å². The molecule has 0 spiro atoms. The van der Waals surface area contributed by atoms with Crippen molar-refractivity contribution >= 4 is 33.5 Å².